The van der Waals surface area contributed by atoms with Crippen molar-refractivity contribution in [3.8, 4) is 17.0 Å². The van der Waals surface area contributed by atoms with Gasteiger partial charge in [-0.2, -0.15) is 0 Å². The van der Waals surface area contributed by atoms with E-state index in [1.165, 1.54) is 11.3 Å². The third kappa shape index (κ3) is 1.91. The molecule has 0 saturated heterocycles. The molecule has 2 heterocycles. The average Bonchev–Trinajstić information content (AvgIpc) is 2.68. The molecule has 1 aromatic heterocycles. The van der Waals surface area contributed by atoms with Gasteiger partial charge in [-0.25, -0.2) is 4.98 Å². The number of ether oxygens (including phenoxy) is 1. The topological polar surface area (TPSA) is 65.2 Å². The number of primary amides is 1. The lowest BCUT2D eigenvalue weighted by molar-refractivity contribution is 0.1000. The Hall–Kier alpha value is -1.40. The quantitative estimate of drug-likeness (QED) is 0.876. The maximum absolute atomic E-state index is 11.2. The summed E-state index contributed by atoms with van der Waals surface area (Å²) in [6.07, 6.45) is 0.743. The highest BCUT2D eigenvalue weighted by Crippen LogP contribution is 2.38. The number of fused-ring (bicyclic) bond motifs is 3. The van der Waals surface area contributed by atoms with E-state index in [1.807, 2.05) is 18.2 Å². The highest BCUT2D eigenvalue weighted by atomic mass is 79.9. The zero-order valence-electron chi connectivity index (χ0n) is 9.27. The molecule has 1 aromatic carbocycles. The minimum absolute atomic E-state index is 0.354. The van der Waals surface area contributed by atoms with Gasteiger partial charge in [-0.1, -0.05) is 15.9 Å². The molecule has 1 amide bonds. The van der Waals surface area contributed by atoms with Crippen molar-refractivity contribution in [3.63, 3.8) is 0 Å². The molecule has 0 radical (unpaired) electrons. The number of nitrogens with two attached hydrogens (primary N) is 1. The van der Waals surface area contributed by atoms with Crippen molar-refractivity contribution >= 4 is 33.2 Å². The molecule has 2 aromatic rings. The number of hydrogen-bond acceptors (Lipinski definition) is 4. The van der Waals surface area contributed by atoms with Crippen LogP contribution in [0.3, 0.4) is 0 Å². The summed E-state index contributed by atoms with van der Waals surface area (Å²) < 4.78 is 6.62. The number of carbonyl (C=O) groups excluding carboxylic acids is 1. The highest BCUT2D eigenvalue weighted by molar-refractivity contribution is 9.10. The summed E-state index contributed by atoms with van der Waals surface area (Å²) in [6.45, 7) is 0.585. The van der Waals surface area contributed by atoms with Crippen molar-refractivity contribution in [2.75, 3.05) is 6.61 Å². The molecule has 0 atom stereocenters. The Labute approximate surface area is 116 Å². The van der Waals surface area contributed by atoms with E-state index in [0.717, 1.165) is 32.8 Å². The van der Waals surface area contributed by atoms with Gasteiger partial charge in [0.05, 0.1) is 12.3 Å². The number of halogens is 1. The van der Waals surface area contributed by atoms with Crippen LogP contribution in [-0.4, -0.2) is 17.5 Å². The fourth-order valence-corrected chi connectivity index (χ4v) is 3.17. The van der Waals surface area contributed by atoms with Crippen molar-refractivity contribution in [2.45, 2.75) is 6.42 Å². The maximum Gasteiger partial charge on any atom is 0.277 e. The number of aromatic nitrogens is 1. The van der Waals surface area contributed by atoms with E-state index in [-0.39, 0.29) is 0 Å². The largest absolute Gasteiger partial charge is 0.493 e. The van der Waals surface area contributed by atoms with Crippen molar-refractivity contribution in [1.82, 2.24) is 4.98 Å². The summed E-state index contributed by atoms with van der Waals surface area (Å²) in [4.78, 5) is 16.6. The lowest BCUT2D eigenvalue weighted by atomic mass is 10.1. The molecular formula is C12H9BrN2O2S. The molecule has 3 rings (SSSR count). The molecule has 4 nitrogen and oxygen atoms in total. The Bertz CT molecular complexity index is 639. The smallest absolute Gasteiger partial charge is 0.277 e. The summed E-state index contributed by atoms with van der Waals surface area (Å²) >= 11 is 4.78. The third-order valence-electron chi connectivity index (χ3n) is 2.69. The van der Waals surface area contributed by atoms with Crippen LogP contribution < -0.4 is 10.5 Å². The molecule has 1 aliphatic heterocycles. The second-order valence-electron chi connectivity index (χ2n) is 3.89. The highest BCUT2D eigenvalue weighted by Gasteiger charge is 2.21. The van der Waals surface area contributed by atoms with Crippen LogP contribution in [0.5, 0.6) is 5.75 Å². The lowest BCUT2D eigenvalue weighted by Crippen LogP contribution is -2.10. The van der Waals surface area contributed by atoms with Crippen LogP contribution in [0.1, 0.15) is 14.7 Å². The summed E-state index contributed by atoms with van der Waals surface area (Å²) in [5, 5.41) is 0.354. The second-order valence-corrected chi connectivity index (χ2v) is 5.89. The number of carbonyl (C=O) groups is 1. The number of thiazole rings is 1. The third-order valence-corrected chi connectivity index (χ3v) is 4.31. The Balaban J connectivity index is 2.22. The molecule has 0 bridgehead atoms. The van der Waals surface area contributed by atoms with Crippen LogP contribution in [0.4, 0.5) is 0 Å². The lowest BCUT2D eigenvalue weighted by Gasteiger charge is -2.06. The fraction of sp³-hybridized carbons (Fsp3) is 0.167. The summed E-state index contributed by atoms with van der Waals surface area (Å²) in [7, 11) is 0. The standard InChI is InChI=1S/C12H9BrN2O2S/c13-6-1-2-8-7(5-6)10-9(3-4-17-8)18-12(15-10)11(14)16/h1-2,5H,3-4H2,(H2,14,16). The molecular weight excluding hydrogens is 316 g/mol. The summed E-state index contributed by atoms with van der Waals surface area (Å²) in [5.74, 6) is 0.309. The zero-order chi connectivity index (χ0) is 12.7. The van der Waals surface area contributed by atoms with Crippen LogP contribution >= 0.6 is 27.3 Å². The van der Waals surface area contributed by atoms with Gasteiger partial charge in [0.2, 0.25) is 0 Å². The minimum Gasteiger partial charge on any atom is -0.493 e. The van der Waals surface area contributed by atoms with Crippen molar-refractivity contribution < 1.29 is 9.53 Å². The van der Waals surface area contributed by atoms with Crippen molar-refractivity contribution in [2.24, 2.45) is 5.73 Å². The van der Waals surface area contributed by atoms with Gasteiger partial charge < -0.3 is 10.5 Å². The van der Waals surface area contributed by atoms with Crippen LogP contribution in [0.2, 0.25) is 0 Å². The molecule has 0 fully saturated rings. The number of amides is 1. The molecule has 0 spiro atoms. The Kier molecular flexibility index (Phi) is 2.83. The van der Waals surface area contributed by atoms with Crippen molar-refractivity contribution in [1.29, 1.82) is 0 Å². The molecule has 92 valence electrons. The van der Waals surface area contributed by atoms with Gasteiger partial charge in [-0.15, -0.1) is 11.3 Å². The SMILES string of the molecule is NC(=O)c1nc2c(s1)CCOc1ccc(Br)cc1-2. The van der Waals surface area contributed by atoms with Crippen LogP contribution in [0, 0.1) is 0 Å². The number of nitrogens with zero attached hydrogens (tertiary/aromatic N) is 1. The normalized spacial score (nSPS) is 13.2. The van der Waals surface area contributed by atoms with Gasteiger partial charge in [0, 0.05) is 21.3 Å². The van der Waals surface area contributed by atoms with Gasteiger partial charge in [-0.05, 0) is 18.2 Å². The van der Waals surface area contributed by atoms with E-state index in [2.05, 4.69) is 20.9 Å². The second kappa shape index (κ2) is 4.37. The van der Waals surface area contributed by atoms with Gasteiger partial charge in [-0.3, -0.25) is 4.79 Å². The van der Waals surface area contributed by atoms with E-state index in [1.54, 1.807) is 0 Å². The predicted octanol–water partition coefficient (Wildman–Crippen LogP) is 2.61. The zero-order valence-corrected chi connectivity index (χ0v) is 11.7. The summed E-state index contributed by atoms with van der Waals surface area (Å²) in [6, 6.07) is 5.77. The van der Waals surface area contributed by atoms with Crippen LogP contribution in [0.15, 0.2) is 22.7 Å². The molecule has 2 N–H and O–H groups in total. The Morgan fingerprint density at radius 2 is 2.33 bits per heavy atom. The first-order valence-corrected chi connectivity index (χ1v) is 6.98. The average molecular weight is 325 g/mol. The van der Waals surface area contributed by atoms with E-state index >= 15 is 0 Å². The molecule has 0 saturated carbocycles. The van der Waals surface area contributed by atoms with Gasteiger partial charge in [0.25, 0.3) is 5.91 Å². The maximum atomic E-state index is 11.2. The molecule has 18 heavy (non-hydrogen) atoms. The number of rotatable bonds is 1. The Morgan fingerprint density at radius 1 is 1.50 bits per heavy atom. The molecule has 6 heteroatoms. The molecule has 0 unspecified atom stereocenters. The first-order valence-electron chi connectivity index (χ1n) is 5.37. The fourth-order valence-electron chi connectivity index (χ4n) is 1.90. The van der Waals surface area contributed by atoms with Gasteiger partial charge in [0.1, 0.15) is 5.75 Å². The van der Waals surface area contributed by atoms with E-state index in [4.69, 9.17) is 10.5 Å². The minimum atomic E-state index is -0.481. The first-order chi connectivity index (χ1) is 8.65. The Morgan fingerprint density at radius 3 is 3.11 bits per heavy atom. The first kappa shape index (κ1) is 11.7. The molecule has 1 aliphatic rings. The van der Waals surface area contributed by atoms with Gasteiger partial charge >= 0.3 is 0 Å². The van der Waals surface area contributed by atoms with E-state index < -0.39 is 5.91 Å². The predicted molar refractivity (Wildman–Crippen MR) is 73.0 cm³/mol. The molecule has 0 aliphatic carbocycles. The number of benzene rings is 1. The van der Waals surface area contributed by atoms with Gasteiger partial charge in [0.15, 0.2) is 5.01 Å². The van der Waals surface area contributed by atoms with E-state index in [0.29, 0.717) is 11.6 Å². The summed E-state index contributed by atoms with van der Waals surface area (Å²) in [5.41, 5.74) is 6.99. The van der Waals surface area contributed by atoms with E-state index in [9.17, 15) is 4.79 Å². The van der Waals surface area contributed by atoms with Crippen molar-refractivity contribution in [3.05, 3.63) is 32.6 Å². The number of hydrogen-bond donors (Lipinski definition) is 1. The van der Waals surface area contributed by atoms with Crippen LogP contribution in [-0.2, 0) is 6.42 Å². The van der Waals surface area contributed by atoms with Crippen LogP contribution in [0.25, 0.3) is 11.3 Å². The monoisotopic (exact) mass is 324 g/mol.